The second-order valence-corrected chi connectivity index (χ2v) is 9.66. The van der Waals surface area contributed by atoms with Gasteiger partial charge in [0.25, 0.3) is 5.91 Å². The van der Waals surface area contributed by atoms with E-state index in [1.54, 1.807) is 26.0 Å². The van der Waals surface area contributed by atoms with Gasteiger partial charge in [0.15, 0.2) is 0 Å². The van der Waals surface area contributed by atoms with E-state index in [4.69, 9.17) is 4.74 Å². The highest BCUT2D eigenvalue weighted by Gasteiger charge is 2.36. The number of rotatable bonds is 7. The van der Waals surface area contributed by atoms with Crippen molar-refractivity contribution >= 4 is 21.8 Å². The Balaban J connectivity index is 1.64. The summed E-state index contributed by atoms with van der Waals surface area (Å²) in [5.74, 6) is -0.193. The topological polar surface area (TPSA) is 96.0 Å². The van der Waals surface area contributed by atoms with E-state index in [1.807, 2.05) is 4.90 Å². The van der Waals surface area contributed by atoms with Gasteiger partial charge in [0, 0.05) is 43.8 Å². The van der Waals surface area contributed by atoms with E-state index in [2.05, 4.69) is 5.32 Å². The lowest BCUT2D eigenvalue weighted by Gasteiger charge is -2.43. The van der Waals surface area contributed by atoms with Gasteiger partial charge in [-0.3, -0.25) is 9.59 Å². The van der Waals surface area contributed by atoms with E-state index in [-0.39, 0.29) is 29.0 Å². The first-order valence-electron chi connectivity index (χ1n) is 10.6. The summed E-state index contributed by atoms with van der Waals surface area (Å²) in [6.07, 6.45) is 2.83. The van der Waals surface area contributed by atoms with Crippen LogP contribution in [0.3, 0.4) is 0 Å². The van der Waals surface area contributed by atoms with Gasteiger partial charge in [-0.15, -0.1) is 0 Å². The molecule has 0 aromatic heterocycles. The highest BCUT2D eigenvalue weighted by atomic mass is 32.2. The molecule has 2 heterocycles. The molecule has 2 aliphatic heterocycles. The monoisotopic (exact) mass is 437 g/mol. The summed E-state index contributed by atoms with van der Waals surface area (Å²) in [7, 11) is -3.65. The van der Waals surface area contributed by atoms with Crippen LogP contribution in [0.15, 0.2) is 29.2 Å². The van der Waals surface area contributed by atoms with Crippen LogP contribution in [0, 0.1) is 5.92 Å². The number of sulfonamides is 1. The van der Waals surface area contributed by atoms with Crippen molar-refractivity contribution in [1.82, 2.24) is 14.5 Å². The van der Waals surface area contributed by atoms with E-state index in [0.29, 0.717) is 38.8 Å². The largest absolute Gasteiger partial charge is 0.381 e. The molecule has 2 aliphatic rings. The van der Waals surface area contributed by atoms with Crippen molar-refractivity contribution in [2.24, 2.45) is 5.92 Å². The highest BCUT2D eigenvalue weighted by molar-refractivity contribution is 7.89. The van der Waals surface area contributed by atoms with Crippen LogP contribution in [0.25, 0.3) is 0 Å². The Morgan fingerprint density at radius 1 is 1.23 bits per heavy atom. The standard InChI is InChI=1S/C21H31N3O5S/c1-3-23(4-2)30(27,28)18-9-5-7-16(13-18)21(26)22-14-20(25)24-11-6-8-17-15-29-12-10-19(17)24/h5,7,9,13,17,19H,3-4,6,8,10-12,14-15H2,1-2H3,(H,22,26)/t17-,19-/m0/s1. The molecule has 2 atom stereocenters. The minimum absolute atomic E-state index is 0.0752. The van der Waals surface area contributed by atoms with Crippen LogP contribution in [-0.2, 0) is 19.6 Å². The van der Waals surface area contributed by atoms with Crippen LogP contribution in [-0.4, -0.2) is 74.9 Å². The van der Waals surface area contributed by atoms with Crippen LogP contribution in [0.2, 0.25) is 0 Å². The minimum Gasteiger partial charge on any atom is -0.381 e. The minimum atomic E-state index is -3.65. The van der Waals surface area contributed by atoms with Gasteiger partial charge in [0.1, 0.15) is 0 Å². The van der Waals surface area contributed by atoms with Gasteiger partial charge in [-0.25, -0.2) is 8.42 Å². The number of carbonyl (C=O) groups excluding carboxylic acids is 2. The summed E-state index contributed by atoms with van der Waals surface area (Å²) in [4.78, 5) is 27.3. The first-order chi connectivity index (χ1) is 14.4. The molecule has 0 spiro atoms. The molecule has 30 heavy (non-hydrogen) atoms. The Kier molecular flexibility index (Phi) is 7.49. The number of amides is 2. The normalized spacial score (nSPS) is 21.9. The van der Waals surface area contributed by atoms with Crippen molar-refractivity contribution < 1.29 is 22.7 Å². The molecule has 8 nitrogen and oxygen atoms in total. The molecule has 2 saturated heterocycles. The number of carbonyl (C=O) groups is 2. The predicted octanol–water partition coefficient (Wildman–Crippen LogP) is 1.47. The lowest BCUT2D eigenvalue weighted by Crippen LogP contribution is -2.54. The first kappa shape index (κ1) is 22.7. The predicted molar refractivity (Wildman–Crippen MR) is 113 cm³/mol. The maximum absolute atomic E-state index is 12.7. The number of piperidine rings is 1. The molecular weight excluding hydrogens is 406 g/mol. The van der Waals surface area contributed by atoms with Crippen LogP contribution in [0.1, 0.15) is 43.5 Å². The van der Waals surface area contributed by atoms with Crippen LogP contribution >= 0.6 is 0 Å². The van der Waals surface area contributed by atoms with E-state index in [0.717, 1.165) is 19.3 Å². The maximum Gasteiger partial charge on any atom is 0.251 e. The average Bonchev–Trinajstić information content (AvgIpc) is 2.77. The summed E-state index contributed by atoms with van der Waals surface area (Å²) in [5.41, 5.74) is 0.221. The van der Waals surface area contributed by atoms with Crippen molar-refractivity contribution in [3.8, 4) is 0 Å². The highest BCUT2D eigenvalue weighted by Crippen LogP contribution is 2.29. The number of hydrogen-bond donors (Lipinski definition) is 1. The van der Waals surface area contributed by atoms with Crippen molar-refractivity contribution in [3.05, 3.63) is 29.8 Å². The number of nitrogens with zero attached hydrogens (tertiary/aromatic N) is 2. The molecular formula is C21H31N3O5S. The third kappa shape index (κ3) is 4.84. The number of ether oxygens (including phenoxy) is 1. The second kappa shape index (κ2) is 9.89. The molecule has 9 heteroatoms. The molecule has 2 fully saturated rings. The summed E-state index contributed by atoms with van der Waals surface area (Å²) in [6.45, 7) is 6.20. The lowest BCUT2D eigenvalue weighted by atomic mass is 9.86. The van der Waals surface area contributed by atoms with E-state index in [1.165, 1.54) is 16.4 Å². The fourth-order valence-corrected chi connectivity index (χ4v) is 5.85. The van der Waals surface area contributed by atoms with E-state index < -0.39 is 15.9 Å². The van der Waals surface area contributed by atoms with Gasteiger partial charge in [-0.05, 0) is 37.5 Å². The Labute approximate surface area is 178 Å². The molecule has 0 unspecified atom stereocenters. The molecule has 0 saturated carbocycles. The number of fused-ring (bicyclic) bond motifs is 1. The summed E-state index contributed by atoms with van der Waals surface area (Å²) in [5, 5.41) is 2.66. The molecule has 1 N–H and O–H groups in total. The SMILES string of the molecule is CCN(CC)S(=O)(=O)c1cccc(C(=O)NCC(=O)N2CCC[C@H]3COCC[C@@H]32)c1. The molecule has 166 valence electrons. The van der Waals surface area contributed by atoms with Gasteiger partial charge in [-0.2, -0.15) is 4.31 Å². The van der Waals surface area contributed by atoms with Crippen LogP contribution in [0.4, 0.5) is 0 Å². The van der Waals surface area contributed by atoms with Crippen LogP contribution < -0.4 is 5.32 Å². The van der Waals surface area contributed by atoms with Gasteiger partial charge in [-0.1, -0.05) is 19.9 Å². The Hall–Kier alpha value is -1.97. The lowest BCUT2D eigenvalue weighted by molar-refractivity contribution is -0.139. The van der Waals surface area contributed by atoms with Gasteiger partial charge in [0.05, 0.1) is 18.0 Å². The third-order valence-corrected chi connectivity index (χ3v) is 8.01. The Morgan fingerprint density at radius 2 is 2.00 bits per heavy atom. The first-order valence-corrected chi connectivity index (χ1v) is 12.1. The second-order valence-electron chi connectivity index (χ2n) is 7.72. The van der Waals surface area contributed by atoms with Crippen molar-refractivity contribution in [2.45, 2.75) is 44.0 Å². The fourth-order valence-electron chi connectivity index (χ4n) is 4.34. The molecule has 0 aliphatic carbocycles. The van der Waals surface area contributed by atoms with Crippen molar-refractivity contribution in [2.75, 3.05) is 39.4 Å². The van der Waals surface area contributed by atoms with Gasteiger partial charge in [0.2, 0.25) is 15.9 Å². The molecule has 0 radical (unpaired) electrons. The van der Waals surface area contributed by atoms with Gasteiger partial charge < -0.3 is 15.0 Å². The molecule has 0 bridgehead atoms. The summed E-state index contributed by atoms with van der Waals surface area (Å²) < 4.78 is 32.3. The molecule has 2 amide bonds. The smallest absolute Gasteiger partial charge is 0.251 e. The molecule has 3 rings (SSSR count). The Bertz CT molecular complexity index is 867. The zero-order valence-corrected chi connectivity index (χ0v) is 18.5. The van der Waals surface area contributed by atoms with Gasteiger partial charge >= 0.3 is 0 Å². The maximum atomic E-state index is 12.7. The van der Waals surface area contributed by atoms with E-state index in [9.17, 15) is 18.0 Å². The number of benzene rings is 1. The fraction of sp³-hybridized carbons (Fsp3) is 0.619. The number of likely N-dealkylation sites (tertiary alicyclic amines) is 1. The quantitative estimate of drug-likeness (QED) is 0.697. The third-order valence-electron chi connectivity index (χ3n) is 5.97. The van der Waals surface area contributed by atoms with E-state index >= 15 is 0 Å². The molecule has 1 aromatic rings. The van der Waals surface area contributed by atoms with Crippen molar-refractivity contribution in [1.29, 1.82) is 0 Å². The summed E-state index contributed by atoms with van der Waals surface area (Å²) >= 11 is 0. The van der Waals surface area contributed by atoms with Crippen LogP contribution in [0.5, 0.6) is 0 Å². The zero-order chi connectivity index (χ0) is 21.7. The number of nitrogens with one attached hydrogen (secondary N) is 1. The Morgan fingerprint density at radius 3 is 2.73 bits per heavy atom. The summed E-state index contributed by atoms with van der Waals surface area (Å²) in [6, 6.07) is 6.12. The number of hydrogen-bond acceptors (Lipinski definition) is 5. The zero-order valence-electron chi connectivity index (χ0n) is 17.7. The average molecular weight is 438 g/mol. The molecule has 1 aromatic carbocycles. The van der Waals surface area contributed by atoms with Crippen molar-refractivity contribution in [3.63, 3.8) is 0 Å².